The first-order chi connectivity index (χ1) is 9.33. The van der Waals surface area contributed by atoms with Gasteiger partial charge < -0.3 is 0 Å². The maximum absolute atomic E-state index is 2.77. The van der Waals surface area contributed by atoms with Crippen molar-refractivity contribution in [3.63, 3.8) is 0 Å². The van der Waals surface area contributed by atoms with Gasteiger partial charge in [0.2, 0.25) is 0 Å². The smallest absolute Gasteiger partial charge is 0.0172 e. The molecule has 2 unspecified atom stereocenters. The lowest BCUT2D eigenvalue weighted by Crippen LogP contribution is -2.51. The lowest BCUT2D eigenvalue weighted by molar-refractivity contribution is 0.0282. The third-order valence-electron chi connectivity index (χ3n) is 4.79. The van der Waals surface area contributed by atoms with Gasteiger partial charge in [0.05, 0.1) is 0 Å². The van der Waals surface area contributed by atoms with Gasteiger partial charge in [-0.25, -0.2) is 0 Å². The molecule has 102 valence electrons. The first-order valence-electron chi connectivity index (χ1n) is 7.80. The van der Waals surface area contributed by atoms with Crippen LogP contribution in [-0.4, -0.2) is 23.5 Å². The van der Waals surface area contributed by atoms with Crippen molar-refractivity contribution in [2.24, 2.45) is 5.92 Å². The minimum atomic E-state index is 0.850. The number of piperidine rings is 2. The first kappa shape index (κ1) is 12.9. The van der Waals surface area contributed by atoms with Gasteiger partial charge in [0.25, 0.3) is 0 Å². The molecule has 2 aliphatic rings. The summed E-state index contributed by atoms with van der Waals surface area (Å²) in [6.45, 7) is 3.57. The second-order valence-electron chi connectivity index (χ2n) is 6.32. The van der Waals surface area contributed by atoms with E-state index in [1.807, 2.05) is 0 Å². The standard InChI is InChI=1S/C18H25N/c1-15-13-17-10-5-11-18(14-15)19(17)12-6-9-16-7-3-2-4-8-16/h2-4,6-9,15,17-18H,5,10-14H2,1H3/b9-6+. The van der Waals surface area contributed by atoms with E-state index in [1.165, 1.54) is 37.7 Å². The van der Waals surface area contributed by atoms with Crippen LogP contribution in [-0.2, 0) is 0 Å². The molecule has 2 aliphatic heterocycles. The summed E-state index contributed by atoms with van der Waals surface area (Å²) in [5.41, 5.74) is 1.32. The molecule has 0 spiro atoms. The molecule has 2 atom stereocenters. The van der Waals surface area contributed by atoms with E-state index in [4.69, 9.17) is 0 Å². The predicted molar refractivity (Wildman–Crippen MR) is 82.0 cm³/mol. The molecule has 2 bridgehead atoms. The highest BCUT2D eigenvalue weighted by Crippen LogP contribution is 2.36. The molecule has 0 amide bonds. The maximum Gasteiger partial charge on any atom is 0.0172 e. The zero-order valence-corrected chi connectivity index (χ0v) is 12.0. The van der Waals surface area contributed by atoms with E-state index in [9.17, 15) is 0 Å². The van der Waals surface area contributed by atoms with E-state index in [2.05, 4.69) is 54.3 Å². The Morgan fingerprint density at radius 3 is 2.47 bits per heavy atom. The molecule has 0 saturated carbocycles. The molecule has 3 rings (SSSR count). The van der Waals surface area contributed by atoms with E-state index in [0.29, 0.717) is 0 Å². The maximum atomic E-state index is 2.77. The van der Waals surface area contributed by atoms with Gasteiger partial charge in [-0.3, -0.25) is 4.90 Å². The van der Waals surface area contributed by atoms with Gasteiger partial charge in [-0.15, -0.1) is 0 Å². The summed E-state index contributed by atoms with van der Waals surface area (Å²) in [4.78, 5) is 2.77. The third kappa shape index (κ3) is 3.09. The van der Waals surface area contributed by atoms with Crippen molar-refractivity contribution in [1.29, 1.82) is 0 Å². The van der Waals surface area contributed by atoms with Gasteiger partial charge >= 0.3 is 0 Å². The Kier molecular flexibility index (Phi) is 4.03. The second-order valence-corrected chi connectivity index (χ2v) is 6.32. The average Bonchev–Trinajstić information content (AvgIpc) is 2.40. The molecule has 0 aromatic heterocycles. The minimum absolute atomic E-state index is 0.850. The predicted octanol–water partition coefficient (Wildman–Crippen LogP) is 4.35. The number of benzene rings is 1. The highest BCUT2D eigenvalue weighted by molar-refractivity contribution is 5.48. The number of fused-ring (bicyclic) bond motifs is 2. The van der Waals surface area contributed by atoms with E-state index in [-0.39, 0.29) is 0 Å². The Labute approximate surface area is 117 Å². The number of rotatable bonds is 3. The molecular formula is C18H25N. The molecule has 2 saturated heterocycles. The van der Waals surface area contributed by atoms with Gasteiger partial charge in [-0.1, -0.05) is 55.8 Å². The van der Waals surface area contributed by atoms with E-state index in [1.54, 1.807) is 0 Å². The van der Waals surface area contributed by atoms with E-state index < -0.39 is 0 Å². The second kappa shape index (κ2) is 5.92. The Balaban J connectivity index is 1.62. The molecule has 0 aliphatic carbocycles. The topological polar surface area (TPSA) is 3.24 Å². The Hall–Kier alpha value is -1.08. The van der Waals surface area contributed by atoms with Crippen LogP contribution in [0, 0.1) is 5.92 Å². The number of hydrogen-bond acceptors (Lipinski definition) is 1. The molecule has 19 heavy (non-hydrogen) atoms. The summed E-state index contributed by atoms with van der Waals surface area (Å²) in [7, 11) is 0. The summed E-state index contributed by atoms with van der Waals surface area (Å²) >= 11 is 0. The van der Waals surface area contributed by atoms with Crippen LogP contribution in [0.25, 0.3) is 6.08 Å². The average molecular weight is 255 g/mol. The van der Waals surface area contributed by atoms with E-state index in [0.717, 1.165) is 24.5 Å². The molecule has 0 radical (unpaired) electrons. The van der Waals surface area contributed by atoms with Crippen LogP contribution in [0.15, 0.2) is 36.4 Å². The molecule has 2 heterocycles. The summed E-state index contributed by atoms with van der Waals surface area (Å²) in [6.07, 6.45) is 11.7. The van der Waals surface area contributed by atoms with E-state index >= 15 is 0 Å². The summed E-state index contributed by atoms with van der Waals surface area (Å²) in [5, 5.41) is 0. The zero-order chi connectivity index (χ0) is 13.1. The van der Waals surface area contributed by atoms with Crippen LogP contribution in [0.1, 0.15) is 44.6 Å². The molecule has 1 aromatic carbocycles. The Morgan fingerprint density at radius 1 is 1.11 bits per heavy atom. The SMILES string of the molecule is CC1CC2CCCC(C1)N2C/C=C/c1ccccc1. The molecule has 1 heteroatoms. The van der Waals surface area contributed by atoms with Gasteiger partial charge in [0.1, 0.15) is 0 Å². The fourth-order valence-corrected chi connectivity index (χ4v) is 3.92. The minimum Gasteiger partial charge on any atom is -0.294 e. The summed E-state index contributed by atoms with van der Waals surface area (Å²) in [5.74, 6) is 0.935. The Bertz CT molecular complexity index is 409. The van der Waals surface area contributed by atoms with Crippen LogP contribution in [0.4, 0.5) is 0 Å². The van der Waals surface area contributed by atoms with Crippen molar-refractivity contribution in [3.8, 4) is 0 Å². The quantitative estimate of drug-likeness (QED) is 0.776. The van der Waals surface area contributed by atoms with Gasteiger partial charge in [-0.05, 0) is 37.2 Å². The molecule has 2 fully saturated rings. The molecular weight excluding hydrogens is 230 g/mol. The van der Waals surface area contributed by atoms with Crippen molar-refractivity contribution < 1.29 is 0 Å². The number of nitrogens with zero attached hydrogens (tertiary/aromatic N) is 1. The van der Waals surface area contributed by atoms with Crippen LogP contribution < -0.4 is 0 Å². The van der Waals surface area contributed by atoms with Crippen molar-refractivity contribution in [2.75, 3.05) is 6.54 Å². The van der Waals surface area contributed by atoms with Crippen molar-refractivity contribution in [2.45, 2.75) is 51.1 Å². The number of hydrogen-bond donors (Lipinski definition) is 0. The lowest BCUT2D eigenvalue weighted by Gasteiger charge is -2.48. The van der Waals surface area contributed by atoms with Gasteiger partial charge in [0, 0.05) is 18.6 Å². The van der Waals surface area contributed by atoms with Gasteiger partial charge in [0.15, 0.2) is 0 Å². The fourth-order valence-electron chi connectivity index (χ4n) is 3.92. The Morgan fingerprint density at radius 2 is 1.79 bits per heavy atom. The summed E-state index contributed by atoms with van der Waals surface area (Å²) < 4.78 is 0. The van der Waals surface area contributed by atoms with Crippen molar-refractivity contribution in [3.05, 3.63) is 42.0 Å². The monoisotopic (exact) mass is 255 g/mol. The lowest BCUT2D eigenvalue weighted by atomic mass is 9.79. The largest absolute Gasteiger partial charge is 0.294 e. The van der Waals surface area contributed by atoms with Gasteiger partial charge in [-0.2, -0.15) is 0 Å². The molecule has 0 N–H and O–H groups in total. The fraction of sp³-hybridized carbons (Fsp3) is 0.556. The van der Waals surface area contributed by atoms with Crippen LogP contribution in [0.2, 0.25) is 0 Å². The highest BCUT2D eigenvalue weighted by Gasteiger charge is 2.35. The summed E-state index contributed by atoms with van der Waals surface area (Å²) in [6, 6.07) is 12.3. The third-order valence-corrected chi connectivity index (χ3v) is 4.79. The van der Waals surface area contributed by atoms with Crippen molar-refractivity contribution in [1.82, 2.24) is 4.90 Å². The zero-order valence-electron chi connectivity index (χ0n) is 12.0. The highest BCUT2D eigenvalue weighted by atomic mass is 15.2. The normalized spacial score (nSPS) is 31.7. The van der Waals surface area contributed by atoms with Crippen molar-refractivity contribution >= 4 is 6.08 Å². The van der Waals surface area contributed by atoms with Crippen LogP contribution in [0.5, 0.6) is 0 Å². The molecule has 1 nitrogen and oxygen atoms in total. The van der Waals surface area contributed by atoms with Crippen LogP contribution >= 0.6 is 0 Å². The first-order valence-corrected chi connectivity index (χ1v) is 7.80. The molecule has 1 aromatic rings. The van der Waals surface area contributed by atoms with Crippen LogP contribution in [0.3, 0.4) is 0 Å².